The van der Waals surface area contributed by atoms with Gasteiger partial charge in [0, 0.05) is 0 Å². The number of hydrogen-bond acceptors (Lipinski definition) is 2. The molecule has 16 heavy (non-hydrogen) atoms. The highest BCUT2D eigenvalue weighted by atomic mass is 35.5. The van der Waals surface area contributed by atoms with Gasteiger partial charge >= 0.3 is 0 Å². The molecule has 1 aliphatic carbocycles. The Hall–Kier alpha value is -0.253. The second kappa shape index (κ2) is 5.39. The Balaban J connectivity index is 2.92. The molecule has 0 radical (unpaired) electrons. The number of hydrogen-bond donors (Lipinski definition) is 0. The molecule has 0 bridgehead atoms. The zero-order valence-electron chi connectivity index (χ0n) is 9.72. The molecule has 0 N–H and O–H groups in total. The van der Waals surface area contributed by atoms with E-state index in [1.807, 2.05) is 25.7 Å². The molecular weight excluding hydrogens is 263 g/mol. The van der Waals surface area contributed by atoms with Crippen molar-refractivity contribution >= 4 is 37.3 Å². The summed E-state index contributed by atoms with van der Waals surface area (Å²) in [4.78, 5) is 11.7. The van der Waals surface area contributed by atoms with Crippen LogP contribution in [0.5, 0.6) is 0 Å². The van der Waals surface area contributed by atoms with Crippen molar-refractivity contribution in [1.29, 1.82) is 0 Å². The number of ketones is 1. The summed E-state index contributed by atoms with van der Waals surface area (Å²) in [6, 6.07) is 0. The van der Waals surface area contributed by atoms with Crippen molar-refractivity contribution in [3.05, 3.63) is 22.4 Å². The Morgan fingerprint density at radius 1 is 1.44 bits per heavy atom. The molecule has 90 valence electrons. The topological polar surface area (TPSA) is 26.3 Å². The summed E-state index contributed by atoms with van der Waals surface area (Å²) >= 11 is 11.6. The average Bonchev–Trinajstić information content (AvgIpc) is 2.13. The highest BCUT2D eigenvalue weighted by Crippen LogP contribution is 2.31. The van der Waals surface area contributed by atoms with Crippen molar-refractivity contribution < 1.29 is 9.22 Å². The molecule has 0 heterocycles. The predicted molar refractivity (Wildman–Crippen MR) is 70.0 cm³/mol. The van der Waals surface area contributed by atoms with Crippen LogP contribution in [0, 0.1) is 5.92 Å². The van der Waals surface area contributed by atoms with Gasteiger partial charge in [0.25, 0.3) is 0 Å². The quantitative estimate of drug-likeness (QED) is 0.576. The molecule has 0 aromatic carbocycles. The molecule has 1 atom stereocenters. The van der Waals surface area contributed by atoms with E-state index in [0.717, 1.165) is 12.8 Å². The van der Waals surface area contributed by atoms with Crippen LogP contribution in [-0.4, -0.2) is 14.1 Å². The molecule has 0 aromatic heterocycles. The van der Waals surface area contributed by atoms with E-state index in [1.54, 1.807) is 6.08 Å². The van der Waals surface area contributed by atoms with Crippen LogP contribution in [0.4, 0.5) is 0 Å². The van der Waals surface area contributed by atoms with Crippen LogP contribution < -0.4 is 0 Å². The molecule has 0 aliphatic heterocycles. The van der Waals surface area contributed by atoms with Gasteiger partial charge in [0.2, 0.25) is 8.32 Å². The average molecular weight is 279 g/mol. The van der Waals surface area contributed by atoms with E-state index in [2.05, 4.69) is 0 Å². The fraction of sp³-hybridized carbons (Fsp3) is 0.545. The van der Waals surface area contributed by atoms with Gasteiger partial charge < -0.3 is 4.43 Å². The minimum atomic E-state index is -1.80. The van der Waals surface area contributed by atoms with Crippen LogP contribution in [0.15, 0.2) is 22.4 Å². The summed E-state index contributed by atoms with van der Waals surface area (Å²) in [5, 5.41) is 0. The third kappa shape index (κ3) is 3.96. The van der Waals surface area contributed by atoms with Crippen molar-refractivity contribution in [3.8, 4) is 0 Å². The van der Waals surface area contributed by atoms with Crippen LogP contribution >= 0.6 is 23.2 Å². The van der Waals surface area contributed by atoms with E-state index in [-0.39, 0.29) is 16.2 Å². The first kappa shape index (κ1) is 13.8. The van der Waals surface area contributed by atoms with Crippen LogP contribution in [0.1, 0.15) is 12.8 Å². The Kier molecular flexibility index (Phi) is 4.65. The van der Waals surface area contributed by atoms with Crippen LogP contribution in [0.3, 0.4) is 0 Å². The van der Waals surface area contributed by atoms with Gasteiger partial charge in [-0.2, -0.15) is 0 Å². The summed E-state index contributed by atoms with van der Waals surface area (Å²) in [6.07, 6.45) is 5.03. The second-order valence-corrected chi connectivity index (χ2v) is 10.2. The summed E-state index contributed by atoms with van der Waals surface area (Å²) in [5.74, 6) is 0.178. The summed E-state index contributed by atoms with van der Waals surface area (Å²) in [7, 11) is -1.80. The van der Waals surface area contributed by atoms with Gasteiger partial charge in [0.1, 0.15) is 10.3 Å². The molecule has 1 unspecified atom stereocenters. The van der Waals surface area contributed by atoms with Gasteiger partial charge in [-0.15, -0.1) is 0 Å². The molecule has 0 fully saturated rings. The SMILES string of the molecule is C[Si](C)(C)OC(=C(Cl)Cl)C1CCC=CC1=O. The van der Waals surface area contributed by atoms with Crippen molar-refractivity contribution in [3.63, 3.8) is 0 Å². The number of carbonyl (C=O) groups is 1. The fourth-order valence-electron chi connectivity index (χ4n) is 1.55. The maximum atomic E-state index is 11.7. The maximum absolute atomic E-state index is 11.7. The van der Waals surface area contributed by atoms with E-state index in [0.29, 0.717) is 5.76 Å². The van der Waals surface area contributed by atoms with Gasteiger partial charge in [0.15, 0.2) is 5.78 Å². The number of rotatable bonds is 3. The largest absolute Gasteiger partial charge is 0.545 e. The first-order valence-electron chi connectivity index (χ1n) is 5.26. The lowest BCUT2D eigenvalue weighted by atomic mass is 9.92. The Bertz CT molecular complexity index is 338. The normalized spacial score (nSPS) is 20.8. The lowest BCUT2D eigenvalue weighted by molar-refractivity contribution is -0.118. The fourth-order valence-corrected chi connectivity index (χ4v) is 2.93. The molecule has 1 rings (SSSR count). The number of halogens is 2. The van der Waals surface area contributed by atoms with Crippen LogP contribution in [0.25, 0.3) is 0 Å². The molecule has 0 saturated heterocycles. The number of allylic oxidation sites excluding steroid dienone is 3. The minimum absolute atomic E-state index is 0.0262. The van der Waals surface area contributed by atoms with Gasteiger partial charge in [-0.3, -0.25) is 4.79 Å². The van der Waals surface area contributed by atoms with Gasteiger partial charge in [-0.25, -0.2) is 0 Å². The van der Waals surface area contributed by atoms with Crippen molar-refractivity contribution in [2.75, 3.05) is 0 Å². The van der Waals surface area contributed by atoms with Crippen molar-refractivity contribution in [2.24, 2.45) is 5.92 Å². The van der Waals surface area contributed by atoms with Crippen LogP contribution in [0.2, 0.25) is 19.6 Å². The summed E-state index contributed by atoms with van der Waals surface area (Å²) in [5.41, 5.74) is 0. The molecule has 2 nitrogen and oxygen atoms in total. The first-order chi connectivity index (χ1) is 7.31. The van der Waals surface area contributed by atoms with Gasteiger partial charge in [-0.1, -0.05) is 29.3 Å². The maximum Gasteiger partial charge on any atom is 0.241 e. The van der Waals surface area contributed by atoms with E-state index < -0.39 is 8.32 Å². The zero-order valence-corrected chi connectivity index (χ0v) is 12.2. The molecule has 1 aliphatic rings. The van der Waals surface area contributed by atoms with Gasteiger partial charge in [0.05, 0.1) is 5.92 Å². The molecular formula is C11H16Cl2O2Si. The Labute approximate surface area is 107 Å². The van der Waals surface area contributed by atoms with E-state index >= 15 is 0 Å². The van der Waals surface area contributed by atoms with E-state index in [1.165, 1.54) is 0 Å². The highest BCUT2D eigenvalue weighted by Gasteiger charge is 2.30. The highest BCUT2D eigenvalue weighted by molar-refractivity contribution is 6.70. The first-order valence-corrected chi connectivity index (χ1v) is 9.42. The lowest BCUT2D eigenvalue weighted by Crippen LogP contribution is -2.30. The predicted octanol–water partition coefficient (Wildman–Crippen LogP) is 4.02. The summed E-state index contributed by atoms with van der Waals surface area (Å²) < 4.78 is 5.89. The summed E-state index contributed by atoms with van der Waals surface area (Å²) in [6.45, 7) is 6.10. The molecule has 0 spiro atoms. The molecule has 0 saturated carbocycles. The van der Waals surface area contributed by atoms with E-state index in [4.69, 9.17) is 27.6 Å². The molecule has 0 amide bonds. The van der Waals surface area contributed by atoms with Gasteiger partial charge in [-0.05, 0) is 38.6 Å². The van der Waals surface area contributed by atoms with Crippen LogP contribution in [-0.2, 0) is 9.22 Å². The third-order valence-electron chi connectivity index (χ3n) is 2.17. The standard InChI is InChI=1S/C11H16Cl2O2Si/c1-16(2,3)15-10(11(12)13)8-6-4-5-7-9(8)14/h5,7-8H,4,6H2,1-3H3. The monoisotopic (exact) mass is 278 g/mol. The number of carbonyl (C=O) groups excluding carboxylic acids is 1. The zero-order chi connectivity index (χ0) is 12.3. The minimum Gasteiger partial charge on any atom is -0.545 e. The molecule has 0 aromatic rings. The smallest absolute Gasteiger partial charge is 0.241 e. The van der Waals surface area contributed by atoms with Crippen molar-refractivity contribution in [1.82, 2.24) is 0 Å². The van der Waals surface area contributed by atoms with Crippen molar-refractivity contribution in [2.45, 2.75) is 32.5 Å². The van der Waals surface area contributed by atoms with E-state index in [9.17, 15) is 4.79 Å². The Morgan fingerprint density at radius 3 is 2.50 bits per heavy atom. The Morgan fingerprint density at radius 2 is 2.06 bits per heavy atom. The second-order valence-electron chi connectivity index (χ2n) is 4.77. The third-order valence-corrected chi connectivity index (χ3v) is 3.37. The molecule has 5 heteroatoms. The lowest BCUT2D eigenvalue weighted by Gasteiger charge is -2.27.